The van der Waals surface area contributed by atoms with E-state index < -0.39 is 18.0 Å². The maximum Gasteiger partial charge on any atom is 0.307 e. The van der Waals surface area contributed by atoms with E-state index in [4.69, 9.17) is 21.4 Å². The number of carbonyl (C=O) groups excluding carboxylic acids is 1. The van der Waals surface area contributed by atoms with Crippen LogP contribution in [-0.2, 0) is 16.0 Å². The number of rotatable bonds is 6. The highest BCUT2D eigenvalue weighted by molar-refractivity contribution is 9.10. The van der Waals surface area contributed by atoms with Crippen LogP contribution in [0.2, 0.25) is 5.02 Å². The molecule has 2 aromatic carbocycles. The standard InChI is InChI=1S/C17H15BrClNO5/c1-9(25-15-5-3-11(19)8-12(15)18)17(24)20-13-6-10(7-16(22)23)2-4-14(13)21/h2-6,8-9,21H,7H2,1H3,(H,20,24)(H,22,23). The molecule has 0 aromatic heterocycles. The number of hydrogen-bond acceptors (Lipinski definition) is 4. The van der Waals surface area contributed by atoms with E-state index in [-0.39, 0.29) is 17.9 Å². The lowest BCUT2D eigenvalue weighted by Crippen LogP contribution is -2.30. The van der Waals surface area contributed by atoms with Crippen LogP contribution < -0.4 is 10.1 Å². The van der Waals surface area contributed by atoms with Gasteiger partial charge in [0.15, 0.2) is 6.10 Å². The van der Waals surface area contributed by atoms with Crippen molar-refractivity contribution in [3.63, 3.8) is 0 Å². The van der Waals surface area contributed by atoms with Gasteiger partial charge in [0.2, 0.25) is 0 Å². The molecule has 2 aromatic rings. The Morgan fingerprint density at radius 3 is 2.64 bits per heavy atom. The van der Waals surface area contributed by atoms with Gasteiger partial charge in [-0.2, -0.15) is 0 Å². The number of carbonyl (C=O) groups is 2. The summed E-state index contributed by atoms with van der Waals surface area (Å²) in [6, 6.07) is 9.11. The molecule has 2 rings (SSSR count). The number of amides is 1. The van der Waals surface area contributed by atoms with Crippen molar-refractivity contribution in [1.82, 2.24) is 0 Å². The summed E-state index contributed by atoms with van der Waals surface area (Å²) in [5.74, 6) is -1.23. The van der Waals surface area contributed by atoms with E-state index in [1.165, 1.54) is 18.2 Å². The van der Waals surface area contributed by atoms with E-state index in [1.54, 1.807) is 25.1 Å². The number of benzene rings is 2. The third kappa shape index (κ3) is 5.37. The van der Waals surface area contributed by atoms with Gasteiger partial charge in [0, 0.05) is 5.02 Å². The summed E-state index contributed by atoms with van der Waals surface area (Å²) in [5, 5.41) is 21.7. The molecule has 0 bridgehead atoms. The Bertz CT molecular complexity index is 812. The monoisotopic (exact) mass is 427 g/mol. The van der Waals surface area contributed by atoms with Gasteiger partial charge in [0.05, 0.1) is 16.6 Å². The fourth-order valence-corrected chi connectivity index (χ4v) is 2.79. The first kappa shape index (κ1) is 19.1. The third-order valence-corrected chi connectivity index (χ3v) is 4.10. The highest BCUT2D eigenvalue weighted by Gasteiger charge is 2.18. The molecule has 0 aliphatic carbocycles. The number of phenolic OH excluding ortho intramolecular Hbond substituents is 1. The zero-order chi connectivity index (χ0) is 18.6. The number of hydrogen-bond donors (Lipinski definition) is 3. The SMILES string of the molecule is CC(Oc1ccc(Cl)cc1Br)C(=O)Nc1cc(CC(=O)O)ccc1O. The van der Waals surface area contributed by atoms with E-state index in [1.807, 2.05) is 0 Å². The van der Waals surface area contributed by atoms with Gasteiger partial charge in [0.1, 0.15) is 11.5 Å². The third-order valence-electron chi connectivity index (χ3n) is 3.24. The van der Waals surface area contributed by atoms with Gasteiger partial charge in [0.25, 0.3) is 5.91 Å². The zero-order valence-electron chi connectivity index (χ0n) is 13.1. The zero-order valence-corrected chi connectivity index (χ0v) is 15.5. The van der Waals surface area contributed by atoms with Crippen LogP contribution in [0.15, 0.2) is 40.9 Å². The molecule has 0 fully saturated rings. The van der Waals surface area contributed by atoms with Gasteiger partial charge in [-0.15, -0.1) is 0 Å². The summed E-state index contributed by atoms with van der Waals surface area (Å²) in [5.41, 5.74) is 0.573. The van der Waals surface area contributed by atoms with Crippen molar-refractivity contribution in [1.29, 1.82) is 0 Å². The van der Waals surface area contributed by atoms with Gasteiger partial charge in [-0.25, -0.2) is 0 Å². The van der Waals surface area contributed by atoms with E-state index in [2.05, 4.69) is 21.2 Å². The lowest BCUT2D eigenvalue weighted by molar-refractivity contribution is -0.136. The van der Waals surface area contributed by atoms with E-state index >= 15 is 0 Å². The van der Waals surface area contributed by atoms with Gasteiger partial charge in [-0.3, -0.25) is 9.59 Å². The first-order chi connectivity index (χ1) is 11.8. The summed E-state index contributed by atoms with van der Waals surface area (Å²) < 4.78 is 6.18. The van der Waals surface area contributed by atoms with Gasteiger partial charge < -0.3 is 20.3 Å². The molecule has 0 heterocycles. The summed E-state index contributed by atoms with van der Waals surface area (Å²) >= 11 is 9.16. The number of aromatic hydroxyl groups is 1. The first-order valence-electron chi connectivity index (χ1n) is 7.22. The maximum absolute atomic E-state index is 12.3. The number of aliphatic carboxylic acids is 1. The maximum atomic E-state index is 12.3. The van der Waals surface area contributed by atoms with Crippen molar-refractivity contribution in [2.45, 2.75) is 19.4 Å². The number of nitrogens with one attached hydrogen (secondary N) is 1. The smallest absolute Gasteiger partial charge is 0.307 e. The minimum atomic E-state index is -1.01. The van der Waals surface area contributed by atoms with Crippen LogP contribution in [0.1, 0.15) is 12.5 Å². The van der Waals surface area contributed by atoms with E-state index in [9.17, 15) is 14.7 Å². The molecule has 132 valence electrons. The molecule has 0 aliphatic heterocycles. The second-order valence-corrected chi connectivity index (χ2v) is 6.54. The van der Waals surface area contributed by atoms with Gasteiger partial charge >= 0.3 is 5.97 Å². The number of halogens is 2. The molecule has 1 unspecified atom stereocenters. The second-order valence-electron chi connectivity index (χ2n) is 5.25. The summed E-state index contributed by atoms with van der Waals surface area (Å²) in [6.45, 7) is 1.55. The normalized spacial score (nSPS) is 11.6. The highest BCUT2D eigenvalue weighted by atomic mass is 79.9. The van der Waals surface area contributed by atoms with E-state index in [0.717, 1.165) is 0 Å². The molecule has 25 heavy (non-hydrogen) atoms. The molecule has 0 aliphatic rings. The van der Waals surface area contributed by atoms with Crippen molar-refractivity contribution < 1.29 is 24.5 Å². The number of ether oxygens (including phenoxy) is 1. The number of phenols is 1. The number of anilines is 1. The number of carboxylic acids is 1. The molecular weight excluding hydrogens is 414 g/mol. The van der Waals surface area contributed by atoms with Crippen LogP contribution in [-0.4, -0.2) is 28.2 Å². The molecule has 0 saturated carbocycles. The molecule has 3 N–H and O–H groups in total. The molecular formula is C17H15BrClNO5. The summed E-state index contributed by atoms with van der Waals surface area (Å²) in [6.07, 6.45) is -1.08. The molecule has 8 heteroatoms. The fourth-order valence-electron chi connectivity index (χ4n) is 2.02. The Kier molecular flexibility index (Phi) is 6.27. The fraction of sp³-hybridized carbons (Fsp3) is 0.176. The molecule has 0 radical (unpaired) electrons. The van der Waals surface area contributed by atoms with Crippen LogP contribution in [0.25, 0.3) is 0 Å². The van der Waals surface area contributed by atoms with Gasteiger partial charge in [-0.1, -0.05) is 17.7 Å². The Hall–Kier alpha value is -2.25. The van der Waals surface area contributed by atoms with Crippen LogP contribution >= 0.6 is 27.5 Å². The van der Waals surface area contributed by atoms with Crippen LogP contribution in [0.4, 0.5) is 5.69 Å². The lowest BCUT2D eigenvalue weighted by atomic mass is 10.1. The minimum Gasteiger partial charge on any atom is -0.506 e. The van der Waals surface area contributed by atoms with Crippen molar-refractivity contribution in [3.05, 3.63) is 51.5 Å². The van der Waals surface area contributed by atoms with Gasteiger partial charge in [-0.05, 0) is 58.7 Å². The Labute approximate surface area is 157 Å². The van der Waals surface area contributed by atoms with Crippen molar-refractivity contribution in [3.8, 4) is 11.5 Å². The first-order valence-corrected chi connectivity index (χ1v) is 8.39. The quantitative estimate of drug-likeness (QED) is 0.608. The van der Waals surface area contributed by atoms with Crippen molar-refractivity contribution >= 4 is 45.1 Å². The Morgan fingerprint density at radius 2 is 2.00 bits per heavy atom. The van der Waals surface area contributed by atoms with Crippen molar-refractivity contribution in [2.24, 2.45) is 0 Å². The molecule has 1 amide bonds. The summed E-state index contributed by atoms with van der Waals surface area (Å²) in [4.78, 5) is 23.0. The largest absolute Gasteiger partial charge is 0.506 e. The average molecular weight is 429 g/mol. The molecule has 6 nitrogen and oxygen atoms in total. The van der Waals surface area contributed by atoms with Crippen LogP contribution in [0, 0.1) is 0 Å². The minimum absolute atomic E-state index is 0.120. The summed E-state index contributed by atoms with van der Waals surface area (Å²) in [7, 11) is 0. The molecule has 1 atom stereocenters. The lowest BCUT2D eigenvalue weighted by Gasteiger charge is -2.16. The molecule has 0 saturated heterocycles. The number of carboxylic acid groups (broad SMARTS) is 1. The second kappa shape index (κ2) is 8.22. The highest BCUT2D eigenvalue weighted by Crippen LogP contribution is 2.29. The Morgan fingerprint density at radius 1 is 1.28 bits per heavy atom. The topological polar surface area (TPSA) is 95.9 Å². The Balaban J connectivity index is 2.09. The van der Waals surface area contributed by atoms with Crippen molar-refractivity contribution in [2.75, 3.05) is 5.32 Å². The van der Waals surface area contributed by atoms with E-state index in [0.29, 0.717) is 20.8 Å². The predicted octanol–water partition coefficient (Wildman–Crippen LogP) is 3.84. The molecule has 0 spiro atoms. The predicted molar refractivity (Wildman–Crippen MR) is 97.3 cm³/mol. The van der Waals surface area contributed by atoms with Crippen LogP contribution in [0.3, 0.4) is 0 Å². The van der Waals surface area contributed by atoms with Crippen LogP contribution in [0.5, 0.6) is 11.5 Å². The average Bonchev–Trinajstić information content (AvgIpc) is 2.52.